The highest BCUT2D eigenvalue weighted by Gasteiger charge is 2.23. The van der Waals surface area contributed by atoms with Crippen LogP contribution < -0.4 is 4.90 Å². The number of hydrogen-bond donors (Lipinski definition) is 0. The van der Waals surface area contributed by atoms with Crippen LogP contribution in [0.3, 0.4) is 0 Å². The fourth-order valence-corrected chi connectivity index (χ4v) is 3.28. The van der Waals surface area contributed by atoms with E-state index in [1.165, 1.54) is 13.4 Å². The Hall–Kier alpha value is -2.94. The second-order valence-electron chi connectivity index (χ2n) is 6.21. The van der Waals surface area contributed by atoms with E-state index in [1.54, 1.807) is 17.1 Å². The number of anilines is 1. The van der Waals surface area contributed by atoms with E-state index in [0.29, 0.717) is 17.9 Å². The van der Waals surface area contributed by atoms with Crippen molar-refractivity contribution in [3.8, 4) is 0 Å². The monoisotopic (exact) mass is 356 g/mol. The first-order valence-electron chi connectivity index (χ1n) is 8.42. The maximum Gasteiger partial charge on any atom is 0.341 e. The van der Waals surface area contributed by atoms with E-state index in [0.717, 1.165) is 43.0 Å². The number of carbonyl (C=O) groups is 1. The van der Waals surface area contributed by atoms with E-state index in [2.05, 4.69) is 24.9 Å². The van der Waals surface area contributed by atoms with Crippen molar-refractivity contribution in [2.24, 2.45) is 7.05 Å². The van der Waals surface area contributed by atoms with E-state index in [9.17, 15) is 4.79 Å². The molecule has 26 heavy (non-hydrogen) atoms. The van der Waals surface area contributed by atoms with Crippen LogP contribution in [-0.2, 0) is 18.3 Å². The van der Waals surface area contributed by atoms with Crippen LogP contribution >= 0.6 is 0 Å². The zero-order valence-electron chi connectivity index (χ0n) is 14.8. The summed E-state index contributed by atoms with van der Waals surface area (Å²) >= 11 is 0. The van der Waals surface area contributed by atoms with Gasteiger partial charge < -0.3 is 14.1 Å². The molecule has 1 aliphatic heterocycles. The van der Waals surface area contributed by atoms with Gasteiger partial charge >= 0.3 is 5.97 Å². The molecular formula is C17H20N6O3. The van der Waals surface area contributed by atoms with Crippen molar-refractivity contribution in [1.29, 1.82) is 0 Å². The number of nitrogens with zero attached hydrogens (tertiary/aromatic N) is 6. The highest BCUT2D eigenvalue weighted by molar-refractivity contribution is 5.90. The summed E-state index contributed by atoms with van der Waals surface area (Å²) in [4.78, 5) is 25.0. The molecule has 0 unspecified atom stereocenters. The number of esters is 1. The quantitative estimate of drug-likeness (QED) is 0.641. The third-order valence-electron chi connectivity index (χ3n) is 4.70. The molecule has 0 aromatic carbocycles. The smallest absolute Gasteiger partial charge is 0.341 e. The molecule has 0 radical (unpaired) electrons. The lowest BCUT2D eigenvalue weighted by Crippen LogP contribution is -2.46. The Morgan fingerprint density at radius 1 is 1.27 bits per heavy atom. The van der Waals surface area contributed by atoms with Gasteiger partial charge in [-0.15, -0.1) is 0 Å². The summed E-state index contributed by atoms with van der Waals surface area (Å²) in [5.41, 5.74) is 1.32. The van der Waals surface area contributed by atoms with Crippen LogP contribution in [0.4, 0.5) is 5.82 Å². The number of furan rings is 1. The van der Waals surface area contributed by atoms with Gasteiger partial charge in [-0.3, -0.25) is 9.58 Å². The number of rotatable bonds is 4. The van der Waals surface area contributed by atoms with E-state index >= 15 is 0 Å². The number of carbonyl (C=O) groups excluding carboxylic acids is 1. The van der Waals surface area contributed by atoms with Gasteiger partial charge in [0.05, 0.1) is 31.5 Å². The summed E-state index contributed by atoms with van der Waals surface area (Å²) in [5, 5.41) is 5.23. The SMILES string of the molecule is COC(=O)c1ccoc1CN1CCN(c2ncnc3c2cnn3C)CC1. The number of fused-ring (bicyclic) bond motifs is 1. The molecule has 9 nitrogen and oxygen atoms in total. The van der Waals surface area contributed by atoms with Crippen LogP contribution in [0.5, 0.6) is 0 Å². The summed E-state index contributed by atoms with van der Waals surface area (Å²) in [6, 6.07) is 1.65. The Morgan fingerprint density at radius 3 is 2.85 bits per heavy atom. The third kappa shape index (κ3) is 2.90. The van der Waals surface area contributed by atoms with Gasteiger partial charge in [0.1, 0.15) is 23.5 Å². The van der Waals surface area contributed by atoms with Crippen molar-refractivity contribution in [3.63, 3.8) is 0 Å². The maximum atomic E-state index is 11.8. The molecule has 1 aliphatic rings. The van der Waals surface area contributed by atoms with E-state index in [4.69, 9.17) is 9.15 Å². The molecule has 0 saturated carbocycles. The number of aryl methyl sites for hydroxylation is 1. The molecule has 0 amide bonds. The standard InChI is InChI=1S/C17H20N6O3/c1-21-15-13(9-20-21)16(19-11-18-15)23-6-4-22(5-7-23)10-14-12(3-8-26-14)17(24)25-2/h3,8-9,11H,4-7,10H2,1-2H3. The van der Waals surface area contributed by atoms with Gasteiger partial charge in [-0.2, -0.15) is 5.10 Å². The van der Waals surface area contributed by atoms with Crippen molar-refractivity contribution in [2.75, 3.05) is 38.2 Å². The van der Waals surface area contributed by atoms with Crippen LogP contribution in [0.2, 0.25) is 0 Å². The van der Waals surface area contributed by atoms with E-state index in [1.807, 2.05) is 13.2 Å². The summed E-state index contributed by atoms with van der Waals surface area (Å²) in [6.45, 7) is 3.92. The Labute approximate surface area is 150 Å². The second-order valence-corrected chi connectivity index (χ2v) is 6.21. The van der Waals surface area contributed by atoms with Crippen LogP contribution in [0.1, 0.15) is 16.1 Å². The number of aromatic nitrogens is 4. The molecule has 0 spiro atoms. The first kappa shape index (κ1) is 16.5. The van der Waals surface area contributed by atoms with Gasteiger partial charge in [-0.1, -0.05) is 0 Å². The number of ether oxygens (including phenoxy) is 1. The molecule has 4 rings (SSSR count). The van der Waals surface area contributed by atoms with Gasteiger partial charge in [0, 0.05) is 33.2 Å². The zero-order valence-corrected chi connectivity index (χ0v) is 14.8. The third-order valence-corrected chi connectivity index (χ3v) is 4.70. The lowest BCUT2D eigenvalue weighted by molar-refractivity contribution is 0.0596. The normalized spacial score (nSPS) is 15.5. The van der Waals surface area contributed by atoms with Crippen molar-refractivity contribution in [3.05, 3.63) is 36.2 Å². The summed E-state index contributed by atoms with van der Waals surface area (Å²) in [7, 11) is 3.25. The largest absolute Gasteiger partial charge is 0.467 e. The van der Waals surface area contributed by atoms with Crippen LogP contribution in [0.15, 0.2) is 29.3 Å². The fraction of sp³-hybridized carbons (Fsp3) is 0.412. The van der Waals surface area contributed by atoms with Crippen LogP contribution in [0, 0.1) is 0 Å². The lowest BCUT2D eigenvalue weighted by atomic mass is 10.2. The molecule has 0 atom stereocenters. The molecule has 136 valence electrons. The van der Waals surface area contributed by atoms with Gasteiger partial charge in [-0.25, -0.2) is 14.8 Å². The molecule has 1 fully saturated rings. The van der Waals surface area contributed by atoms with Crippen molar-refractivity contribution >= 4 is 22.8 Å². The minimum atomic E-state index is -0.368. The van der Waals surface area contributed by atoms with E-state index < -0.39 is 0 Å². The molecule has 9 heteroatoms. The first-order valence-corrected chi connectivity index (χ1v) is 8.42. The molecule has 0 aliphatic carbocycles. The minimum absolute atomic E-state index is 0.368. The first-order chi connectivity index (χ1) is 12.7. The van der Waals surface area contributed by atoms with Gasteiger partial charge in [0.25, 0.3) is 0 Å². The summed E-state index contributed by atoms with van der Waals surface area (Å²) in [6.07, 6.45) is 4.91. The summed E-state index contributed by atoms with van der Waals surface area (Å²) in [5.74, 6) is 1.19. The average Bonchev–Trinajstić information content (AvgIpc) is 3.29. The molecule has 1 saturated heterocycles. The topological polar surface area (TPSA) is 89.5 Å². The Morgan fingerprint density at radius 2 is 2.08 bits per heavy atom. The highest BCUT2D eigenvalue weighted by Crippen LogP contribution is 2.24. The van der Waals surface area contributed by atoms with Gasteiger partial charge in [0.15, 0.2) is 5.65 Å². The molecule has 0 N–H and O–H groups in total. The number of methoxy groups -OCH3 is 1. The van der Waals surface area contributed by atoms with Gasteiger partial charge in [0.2, 0.25) is 0 Å². The Balaban J connectivity index is 1.44. The van der Waals surface area contributed by atoms with Crippen molar-refractivity contribution in [2.45, 2.75) is 6.54 Å². The Kier molecular flexibility index (Phi) is 4.29. The van der Waals surface area contributed by atoms with Crippen molar-refractivity contribution < 1.29 is 13.9 Å². The van der Waals surface area contributed by atoms with Crippen molar-refractivity contribution in [1.82, 2.24) is 24.6 Å². The predicted molar refractivity (Wildman–Crippen MR) is 93.8 cm³/mol. The maximum absolute atomic E-state index is 11.8. The Bertz CT molecular complexity index is 926. The zero-order chi connectivity index (χ0) is 18.1. The number of hydrogen-bond acceptors (Lipinski definition) is 8. The lowest BCUT2D eigenvalue weighted by Gasteiger charge is -2.35. The van der Waals surface area contributed by atoms with Crippen LogP contribution in [-0.4, -0.2) is 63.9 Å². The fourth-order valence-electron chi connectivity index (χ4n) is 3.28. The van der Waals surface area contributed by atoms with Gasteiger partial charge in [-0.05, 0) is 6.07 Å². The molecular weight excluding hydrogens is 336 g/mol. The minimum Gasteiger partial charge on any atom is -0.467 e. The molecule has 4 heterocycles. The molecule has 0 bridgehead atoms. The highest BCUT2D eigenvalue weighted by atomic mass is 16.5. The molecule has 3 aromatic heterocycles. The second kappa shape index (κ2) is 6.75. The number of piperazine rings is 1. The van der Waals surface area contributed by atoms with E-state index in [-0.39, 0.29) is 5.97 Å². The molecule has 3 aromatic rings. The predicted octanol–water partition coefficient (Wildman–Crippen LogP) is 1.07. The summed E-state index contributed by atoms with van der Waals surface area (Å²) < 4.78 is 12.0. The van der Waals surface area contributed by atoms with Crippen LogP contribution in [0.25, 0.3) is 11.0 Å². The average molecular weight is 356 g/mol.